The van der Waals surface area contributed by atoms with Crippen LogP contribution in [0.4, 0.5) is 0 Å². The monoisotopic (exact) mass is 326 g/mol. The number of hydrogen-bond donors (Lipinski definition) is 0. The minimum Gasteiger partial charge on any atom is -0.338 e. The number of likely N-dealkylation sites (tertiary alicyclic amines) is 1. The molecule has 5 nitrogen and oxygen atoms in total. The van der Waals surface area contributed by atoms with Gasteiger partial charge in [0.05, 0.1) is 22.1 Å². The highest BCUT2D eigenvalue weighted by atomic mass is 32.1. The van der Waals surface area contributed by atoms with Gasteiger partial charge in [0.2, 0.25) is 0 Å². The van der Waals surface area contributed by atoms with E-state index in [0.29, 0.717) is 5.92 Å². The highest BCUT2D eigenvalue weighted by Gasteiger charge is 2.24. The average Bonchev–Trinajstić information content (AvgIpc) is 3.25. The van der Waals surface area contributed by atoms with Crippen LogP contribution in [0.2, 0.25) is 0 Å². The minimum absolute atomic E-state index is 0.135. The molecule has 1 aromatic carbocycles. The number of benzene rings is 1. The predicted molar refractivity (Wildman–Crippen MR) is 90.5 cm³/mol. The zero-order valence-corrected chi connectivity index (χ0v) is 13.6. The highest BCUT2D eigenvalue weighted by Crippen LogP contribution is 2.23. The number of carbonyl (C=O) groups is 1. The quantitative estimate of drug-likeness (QED) is 0.743. The third-order valence-electron chi connectivity index (χ3n) is 4.41. The van der Waals surface area contributed by atoms with Crippen molar-refractivity contribution in [3.63, 3.8) is 0 Å². The Kier molecular flexibility index (Phi) is 3.83. The van der Waals surface area contributed by atoms with Gasteiger partial charge in [0, 0.05) is 37.6 Å². The maximum Gasteiger partial charge on any atom is 0.253 e. The summed E-state index contributed by atoms with van der Waals surface area (Å²) in [7, 11) is 0. The van der Waals surface area contributed by atoms with Gasteiger partial charge in [-0.05, 0) is 37.0 Å². The zero-order chi connectivity index (χ0) is 15.6. The van der Waals surface area contributed by atoms with Crippen LogP contribution in [0.25, 0.3) is 10.2 Å². The van der Waals surface area contributed by atoms with Crippen molar-refractivity contribution in [1.29, 1.82) is 0 Å². The van der Waals surface area contributed by atoms with Gasteiger partial charge in [0.1, 0.15) is 0 Å². The van der Waals surface area contributed by atoms with Crippen molar-refractivity contribution < 1.29 is 4.79 Å². The number of fused-ring (bicyclic) bond motifs is 1. The number of rotatable bonds is 3. The Balaban J connectivity index is 1.48. The molecule has 1 unspecified atom stereocenters. The summed E-state index contributed by atoms with van der Waals surface area (Å²) in [4.78, 5) is 23.2. The number of aromatic nitrogens is 3. The van der Waals surface area contributed by atoms with Gasteiger partial charge in [-0.3, -0.25) is 4.79 Å². The number of thiazole rings is 1. The largest absolute Gasteiger partial charge is 0.338 e. The van der Waals surface area contributed by atoms with E-state index in [2.05, 4.69) is 14.5 Å². The molecule has 0 bridgehead atoms. The first-order chi connectivity index (χ1) is 11.3. The van der Waals surface area contributed by atoms with Crippen LogP contribution >= 0.6 is 11.3 Å². The Morgan fingerprint density at radius 3 is 3.22 bits per heavy atom. The first kappa shape index (κ1) is 14.4. The third-order valence-corrected chi connectivity index (χ3v) is 5.20. The molecule has 1 aliphatic heterocycles. The van der Waals surface area contributed by atoms with Crippen molar-refractivity contribution in [2.75, 3.05) is 13.1 Å². The number of nitrogens with zero attached hydrogens (tertiary/aromatic N) is 4. The van der Waals surface area contributed by atoms with Crippen LogP contribution in [0, 0.1) is 5.92 Å². The molecule has 6 heteroatoms. The van der Waals surface area contributed by atoms with Gasteiger partial charge in [-0.15, -0.1) is 11.3 Å². The molecule has 2 aromatic heterocycles. The first-order valence-electron chi connectivity index (χ1n) is 7.88. The summed E-state index contributed by atoms with van der Waals surface area (Å²) in [6, 6.07) is 5.80. The molecule has 1 saturated heterocycles. The Labute approximate surface area is 138 Å². The number of hydrogen-bond acceptors (Lipinski definition) is 4. The topological polar surface area (TPSA) is 51.0 Å². The van der Waals surface area contributed by atoms with Crippen molar-refractivity contribution in [3.05, 3.63) is 48.0 Å². The molecule has 0 N–H and O–H groups in total. The van der Waals surface area contributed by atoms with E-state index in [1.807, 2.05) is 41.1 Å². The van der Waals surface area contributed by atoms with Crippen LogP contribution in [-0.2, 0) is 6.54 Å². The third kappa shape index (κ3) is 2.99. The van der Waals surface area contributed by atoms with Crippen molar-refractivity contribution in [2.45, 2.75) is 19.4 Å². The fraction of sp³-hybridized carbons (Fsp3) is 0.353. The lowest BCUT2D eigenvalue weighted by molar-refractivity contribution is 0.0662. The van der Waals surface area contributed by atoms with Crippen LogP contribution in [0.1, 0.15) is 23.2 Å². The molecule has 4 rings (SSSR count). The van der Waals surface area contributed by atoms with Gasteiger partial charge in [-0.1, -0.05) is 0 Å². The predicted octanol–water partition coefficient (Wildman–Crippen LogP) is 3.05. The lowest BCUT2D eigenvalue weighted by atomic mass is 9.97. The van der Waals surface area contributed by atoms with E-state index in [0.717, 1.165) is 48.3 Å². The van der Waals surface area contributed by atoms with Gasteiger partial charge in [-0.2, -0.15) is 0 Å². The molecule has 0 aliphatic carbocycles. The normalized spacial score (nSPS) is 18.4. The molecule has 3 aromatic rings. The first-order valence-corrected chi connectivity index (χ1v) is 8.76. The molecule has 0 saturated carbocycles. The van der Waals surface area contributed by atoms with Crippen LogP contribution in [0.5, 0.6) is 0 Å². The maximum absolute atomic E-state index is 12.8. The fourth-order valence-electron chi connectivity index (χ4n) is 3.26. The summed E-state index contributed by atoms with van der Waals surface area (Å²) >= 11 is 1.58. The summed E-state index contributed by atoms with van der Waals surface area (Å²) in [5.74, 6) is 0.629. The van der Waals surface area contributed by atoms with Crippen molar-refractivity contribution in [1.82, 2.24) is 19.4 Å². The second-order valence-corrected chi connectivity index (χ2v) is 6.94. The van der Waals surface area contributed by atoms with Crippen molar-refractivity contribution >= 4 is 27.5 Å². The molecular formula is C17H18N4OS. The van der Waals surface area contributed by atoms with E-state index < -0.39 is 0 Å². The molecule has 0 radical (unpaired) electrons. The Hall–Kier alpha value is -2.21. The van der Waals surface area contributed by atoms with Crippen LogP contribution in [0.15, 0.2) is 42.4 Å². The van der Waals surface area contributed by atoms with E-state index >= 15 is 0 Å². The average molecular weight is 326 g/mol. The maximum atomic E-state index is 12.8. The standard InChI is InChI=1S/C17H18N4OS/c22-17(14-3-4-15-16(8-14)23-12-19-15)21-6-1-2-13(10-21)9-20-7-5-18-11-20/h3-5,7-8,11-13H,1-2,6,9-10H2. The van der Waals surface area contributed by atoms with E-state index in [4.69, 9.17) is 0 Å². The fourth-order valence-corrected chi connectivity index (χ4v) is 3.98. The molecule has 23 heavy (non-hydrogen) atoms. The van der Waals surface area contributed by atoms with Gasteiger partial charge in [0.15, 0.2) is 0 Å². The van der Waals surface area contributed by atoms with Gasteiger partial charge in [-0.25, -0.2) is 9.97 Å². The minimum atomic E-state index is 0.135. The molecule has 1 atom stereocenters. The number of imidazole rings is 1. The molecular weight excluding hydrogens is 308 g/mol. The molecule has 1 amide bonds. The van der Waals surface area contributed by atoms with Gasteiger partial charge < -0.3 is 9.47 Å². The summed E-state index contributed by atoms with van der Waals surface area (Å²) < 4.78 is 3.17. The van der Waals surface area contributed by atoms with E-state index in [1.165, 1.54) is 0 Å². The highest BCUT2D eigenvalue weighted by molar-refractivity contribution is 7.16. The summed E-state index contributed by atoms with van der Waals surface area (Å²) in [5, 5.41) is 0. The number of piperidine rings is 1. The lowest BCUT2D eigenvalue weighted by Gasteiger charge is -2.33. The van der Waals surface area contributed by atoms with Gasteiger partial charge in [0.25, 0.3) is 5.91 Å². The second-order valence-electron chi connectivity index (χ2n) is 6.05. The summed E-state index contributed by atoms with van der Waals surface area (Å²) in [5.41, 5.74) is 3.55. The summed E-state index contributed by atoms with van der Waals surface area (Å²) in [6.07, 6.45) is 7.86. The smallest absolute Gasteiger partial charge is 0.253 e. The molecule has 0 spiro atoms. The van der Waals surface area contributed by atoms with E-state index in [9.17, 15) is 4.79 Å². The van der Waals surface area contributed by atoms with Crippen LogP contribution < -0.4 is 0 Å². The lowest BCUT2D eigenvalue weighted by Crippen LogP contribution is -2.41. The number of amides is 1. The van der Waals surface area contributed by atoms with E-state index in [1.54, 1.807) is 17.5 Å². The van der Waals surface area contributed by atoms with Crippen LogP contribution in [0.3, 0.4) is 0 Å². The van der Waals surface area contributed by atoms with Crippen molar-refractivity contribution in [2.24, 2.45) is 5.92 Å². The van der Waals surface area contributed by atoms with E-state index in [-0.39, 0.29) is 5.91 Å². The molecule has 3 heterocycles. The Morgan fingerprint density at radius 1 is 1.39 bits per heavy atom. The van der Waals surface area contributed by atoms with Crippen LogP contribution in [-0.4, -0.2) is 38.4 Å². The van der Waals surface area contributed by atoms with Crippen molar-refractivity contribution in [3.8, 4) is 0 Å². The SMILES string of the molecule is O=C(c1ccc2ncsc2c1)N1CCCC(Cn2ccnc2)C1. The zero-order valence-electron chi connectivity index (χ0n) is 12.8. The van der Waals surface area contributed by atoms with Gasteiger partial charge >= 0.3 is 0 Å². The Bertz CT molecular complexity index is 811. The molecule has 1 fully saturated rings. The Morgan fingerprint density at radius 2 is 2.35 bits per heavy atom. The molecule has 1 aliphatic rings. The number of carbonyl (C=O) groups excluding carboxylic acids is 1. The second kappa shape index (κ2) is 6.12. The molecule has 118 valence electrons. The summed E-state index contributed by atoms with van der Waals surface area (Å²) in [6.45, 7) is 2.59.